The molecular formula is C20H21N5O2S2. The van der Waals surface area contributed by atoms with Crippen molar-refractivity contribution in [2.75, 3.05) is 22.9 Å². The summed E-state index contributed by atoms with van der Waals surface area (Å²) < 4.78 is 0.813. The highest BCUT2D eigenvalue weighted by atomic mass is 32.2. The number of aromatic nitrogens is 1. The first kappa shape index (κ1) is 19.7. The molecule has 2 aromatic carbocycles. The zero-order valence-electron chi connectivity index (χ0n) is 16.1. The number of amidine groups is 1. The molecule has 1 aliphatic heterocycles. The Hall–Kier alpha value is -2.65. The Morgan fingerprint density at radius 1 is 1.21 bits per heavy atom. The molecule has 0 bridgehead atoms. The lowest BCUT2D eigenvalue weighted by atomic mass is 10.1. The van der Waals surface area contributed by atoms with Gasteiger partial charge < -0.3 is 10.6 Å². The predicted molar refractivity (Wildman–Crippen MR) is 123 cm³/mol. The van der Waals surface area contributed by atoms with Crippen molar-refractivity contribution in [1.82, 2.24) is 4.98 Å². The van der Waals surface area contributed by atoms with Crippen LogP contribution in [0, 0.1) is 10.1 Å². The molecule has 0 saturated carbocycles. The number of benzene rings is 2. The number of hydrogen-bond acceptors (Lipinski definition) is 8. The maximum Gasteiger partial charge on any atom is 0.270 e. The molecule has 0 fully saturated rings. The van der Waals surface area contributed by atoms with Gasteiger partial charge in [-0.05, 0) is 44.0 Å². The number of aliphatic imine (C=N–C) groups is 1. The van der Waals surface area contributed by atoms with E-state index < -0.39 is 0 Å². The second-order valence-corrected chi connectivity index (χ2v) is 9.44. The van der Waals surface area contributed by atoms with Crippen LogP contribution in [0.5, 0.6) is 0 Å². The number of anilines is 2. The predicted octanol–water partition coefficient (Wildman–Crippen LogP) is 5.15. The van der Waals surface area contributed by atoms with Gasteiger partial charge in [-0.25, -0.2) is 4.98 Å². The van der Waals surface area contributed by atoms with Gasteiger partial charge in [0.25, 0.3) is 5.69 Å². The number of nitro groups is 1. The van der Waals surface area contributed by atoms with Crippen LogP contribution < -0.4 is 10.6 Å². The summed E-state index contributed by atoms with van der Waals surface area (Å²) in [6, 6.07) is 13.1. The second-order valence-electron chi connectivity index (χ2n) is 7.44. The minimum Gasteiger partial charge on any atom is -0.361 e. The van der Waals surface area contributed by atoms with Crippen LogP contribution in [-0.2, 0) is 6.42 Å². The number of nitrogens with one attached hydrogen (secondary N) is 2. The van der Waals surface area contributed by atoms with Gasteiger partial charge in [0, 0.05) is 30.1 Å². The van der Waals surface area contributed by atoms with Gasteiger partial charge in [0.05, 0.1) is 20.7 Å². The van der Waals surface area contributed by atoms with Crippen LogP contribution in [0.15, 0.2) is 47.5 Å². The SMILES string of the molecule is CC1(C)CSC(Nc2ccc(CCNc3nc4ccc([N+](=O)[O-])cc4s3)cc2)=N1. The summed E-state index contributed by atoms with van der Waals surface area (Å²) in [6.07, 6.45) is 0.860. The summed E-state index contributed by atoms with van der Waals surface area (Å²) in [7, 11) is 0. The van der Waals surface area contributed by atoms with Crippen molar-refractivity contribution in [3.05, 3.63) is 58.1 Å². The maximum atomic E-state index is 10.9. The molecule has 7 nitrogen and oxygen atoms in total. The Morgan fingerprint density at radius 2 is 2.00 bits per heavy atom. The topological polar surface area (TPSA) is 92.5 Å². The molecule has 9 heteroatoms. The molecule has 0 aliphatic carbocycles. The molecular weight excluding hydrogens is 406 g/mol. The van der Waals surface area contributed by atoms with Crippen molar-refractivity contribution >= 4 is 55.0 Å². The second kappa shape index (κ2) is 8.00. The molecule has 0 atom stereocenters. The van der Waals surface area contributed by atoms with Gasteiger partial charge in [-0.2, -0.15) is 0 Å². The molecule has 0 spiro atoms. The van der Waals surface area contributed by atoms with Crippen molar-refractivity contribution in [2.45, 2.75) is 25.8 Å². The molecule has 1 aliphatic rings. The molecule has 2 N–H and O–H groups in total. The smallest absolute Gasteiger partial charge is 0.270 e. The first-order chi connectivity index (χ1) is 13.9. The summed E-state index contributed by atoms with van der Waals surface area (Å²) in [4.78, 5) is 19.7. The van der Waals surface area contributed by atoms with Gasteiger partial charge in [0.15, 0.2) is 10.3 Å². The van der Waals surface area contributed by atoms with Gasteiger partial charge >= 0.3 is 0 Å². The van der Waals surface area contributed by atoms with E-state index in [0.717, 1.165) is 44.9 Å². The average molecular weight is 428 g/mol. The standard InChI is InChI=1S/C20H21N5O2S2/c1-20(2)12-28-19(24-20)22-14-5-3-13(4-6-14)9-10-21-18-23-16-8-7-15(25(26)27)11-17(16)29-18/h3-8,11H,9-10,12H2,1-2H3,(H,21,23)(H,22,24). The zero-order valence-corrected chi connectivity index (χ0v) is 17.8. The fraction of sp³-hybridized carbons (Fsp3) is 0.300. The molecule has 0 saturated heterocycles. The van der Waals surface area contributed by atoms with Gasteiger partial charge in [-0.15, -0.1) is 0 Å². The van der Waals surface area contributed by atoms with E-state index in [0.29, 0.717) is 0 Å². The monoisotopic (exact) mass is 427 g/mol. The van der Waals surface area contributed by atoms with Crippen LogP contribution in [0.25, 0.3) is 10.2 Å². The molecule has 150 valence electrons. The number of nitrogens with zero attached hydrogens (tertiary/aromatic N) is 3. The minimum atomic E-state index is -0.385. The highest BCUT2D eigenvalue weighted by Crippen LogP contribution is 2.29. The number of non-ortho nitro benzene ring substituents is 1. The lowest BCUT2D eigenvalue weighted by Crippen LogP contribution is -2.15. The summed E-state index contributed by atoms with van der Waals surface area (Å²) in [5.41, 5.74) is 3.13. The Kier molecular flexibility index (Phi) is 5.42. The van der Waals surface area contributed by atoms with Gasteiger partial charge in [0.2, 0.25) is 0 Å². The maximum absolute atomic E-state index is 10.9. The van der Waals surface area contributed by atoms with Gasteiger partial charge in [-0.3, -0.25) is 15.1 Å². The van der Waals surface area contributed by atoms with E-state index >= 15 is 0 Å². The average Bonchev–Trinajstić information content (AvgIpc) is 3.24. The number of hydrogen-bond donors (Lipinski definition) is 2. The number of rotatable bonds is 6. The fourth-order valence-corrected chi connectivity index (χ4v) is 4.92. The zero-order chi connectivity index (χ0) is 20.4. The third kappa shape index (κ3) is 4.86. The van der Waals surface area contributed by atoms with E-state index in [2.05, 4.69) is 58.7 Å². The van der Waals surface area contributed by atoms with Gasteiger partial charge in [0.1, 0.15) is 0 Å². The number of thiazole rings is 1. The highest BCUT2D eigenvalue weighted by Gasteiger charge is 2.25. The molecule has 2 heterocycles. The Balaban J connectivity index is 1.31. The largest absolute Gasteiger partial charge is 0.361 e. The van der Waals surface area contributed by atoms with Crippen molar-refractivity contribution in [3.63, 3.8) is 0 Å². The van der Waals surface area contributed by atoms with Crippen molar-refractivity contribution in [1.29, 1.82) is 0 Å². The number of nitro benzene ring substituents is 1. The van der Waals surface area contributed by atoms with Crippen LogP contribution in [0.3, 0.4) is 0 Å². The van der Waals surface area contributed by atoms with Crippen LogP contribution in [0.2, 0.25) is 0 Å². The van der Waals surface area contributed by atoms with E-state index in [1.165, 1.54) is 23.0 Å². The lowest BCUT2D eigenvalue weighted by molar-refractivity contribution is -0.384. The van der Waals surface area contributed by atoms with Crippen molar-refractivity contribution < 1.29 is 4.92 Å². The Labute approximate surface area is 176 Å². The summed E-state index contributed by atoms with van der Waals surface area (Å²) in [5.74, 6) is 0.998. The van der Waals surface area contributed by atoms with Crippen LogP contribution in [0.4, 0.5) is 16.5 Å². The quantitative estimate of drug-likeness (QED) is 0.417. The summed E-state index contributed by atoms with van der Waals surface area (Å²) in [5, 5.41) is 19.3. The number of thioether (sulfide) groups is 1. The Bertz CT molecular complexity index is 1080. The third-order valence-corrected chi connectivity index (χ3v) is 6.74. The van der Waals surface area contributed by atoms with E-state index in [1.54, 1.807) is 23.9 Å². The fourth-order valence-electron chi connectivity index (χ4n) is 2.94. The van der Waals surface area contributed by atoms with E-state index in [-0.39, 0.29) is 16.1 Å². The third-order valence-electron chi connectivity index (χ3n) is 4.44. The molecule has 0 unspecified atom stereocenters. The molecule has 0 radical (unpaired) electrons. The van der Waals surface area contributed by atoms with Crippen LogP contribution >= 0.6 is 23.1 Å². The molecule has 4 rings (SSSR count). The normalized spacial score (nSPS) is 15.3. The molecule has 1 aromatic heterocycles. The van der Waals surface area contributed by atoms with Crippen molar-refractivity contribution in [2.24, 2.45) is 4.99 Å². The first-order valence-electron chi connectivity index (χ1n) is 9.25. The lowest BCUT2D eigenvalue weighted by Gasteiger charge is -2.09. The molecule has 3 aromatic rings. The Morgan fingerprint density at radius 3 is 2.69 bits per heavy atom. The van der Waals surface area contributed by atoms with Crippen LogP contribution in [-0.4, -0.2) is 32.9 Å². The van der Waals surface area contributed by atoms with Crippen LogP contribution in [0.1, 0.15) is 19.4 Å². The highest BCUT2D eigenvalue weighted by molar-refractivity contribution is 8.14. The summed E-state index contributed by atoms with van der Waals surface area (Å²) >= 11 is 3.18. The minimum absolute atomic E-state index is 0.00413. The first-order valence-corrected chi connectivity index (χ1v) is 11.1. The van der Waals surface area contributed by atoms with E-state index in [9.17, 15) is 10.1 Å². The number of fused-ring (bicyclic) bond motifs is 1. The van der Waals surface area contributed by atoms with E-state index in [4.69, 9.17) is 0 Å². The molecule has 29 heavy (non-hydrogen) atoms. The molecule has 0 amide bonds. The van der Waals surface area contributed by atoms with Gasteiger partial charge in [-0.1, -0.05) is 35.2 Å². The summed E-state index contributed by atoms with van der Waals surface area (Å²) in [6.45, 7) is 5.01. The van der Waals surface area contributed by atoms with E-state index in [1.807, 2.05) is 0 Å². The van der Waals surface area contributed by atoms with Crippen molar-refractivity contribution in [3.8, 4) is 0 Å².